The topological polar surface area (TPSA) is 63.8 Å². The summed E-state index contributed by atoms with van der Waals surface area (Å²) in [6, 6.07) is 3.30. The van der Waals surface area contributed by atoms with Crippen LogP contribution in [0.5, 0.6) is 0 Å². The molecule has 5 nitrogen and oxygen atoms in total. The van der Waals surface area contributed by atoms with Gasteiger partial charge in [0.15, 0.2) is 17.5 Å². The number of aliphatic hydroxyl groups excluding tert-OH is 1. The second-order valence-electron chi connectivity index (χ2n) is 5.62. The molecule has 1 heterocycles. The number of aliphatic hydroxyl groups is 1. The van der Waals surface area contributed by atoms with Crippen LogP contribution in [0.2, 0.25) is 0 Å². The zero-order valence-electron chi connectivity index (χ0n) is 11.5. The van der Waals surface area contributed by atoms with Gasteiger partial charge in [-0.25, -0.2) is 13.5 Å². The van der Waals surface area contributed by atoms with E-state index in [1.54, 1.807) is 0 Å². The Morgan fingerprint density at radius 3 is 2.55 bits per heavy atom. The zero-order valence-corrected chi connectivity index (χ0v) is 11.5. The predicted molar refractivity (Wildman–Crippen MR) is 67.8 cm³/mol. The number of hydrogen-bond donors (Lipinski definition) is 1. The minimum absolute atomic E-state index is 0.0741. The van der Waals surface area contributed by atoms with Crippen molar-refractivity contribution in [2.24, 2.45) is 0 Å². The molecular weight excluding hydrogens is 266 g/mol. The molecule has 108 valence electrons. The van der Waals surface area contributed by atoms with E-state index < -0.39 is 17.7 Å². The molecule has 0 radical (unpaired) electrons. The maximum atomic E-state index is 13.2. The lowest BCUT2D eigenvalue weighted by molar-refractivity contribution is 0.147. The third kappa shape index (κ3) is 2.98. The van der Waals surface area contributed by atoms with E-state index in [-0.39, 0.29) is 17.5 Å². The smallest absolute Gasteiger partial charge is 0.159 e. The molecule has 0 aliphatic heterocycles. The Labute approximate surface area is 115 Å². The summed E-state index contributed by atoms with van der Waals surface area (Å²) >= 11 is 0. The van der Waals surface area contributed by atoms with Crippen molar-refractivity contribution in [1.29, 1.82) is 0 Å². The van der Waals surface area contributed by atoms with Gasteiger partial charge in [-0.3, -0.25) is 0 Å². The molecule has 2 aromatic rings. The molecule has 20 heavy (non-hydrogen) atoms. The quantitative estimate of drug-likeness (QED) is 0.935. The van der Waals surface area contributed by atoms with Crippen molar-refractivity contribution in [3.05, 3.63) is 41.2 Å². The summed E-state index contributed by atoms with van der Waals surface area (Å²) in [5.74, 6) is -1.33. The SMILES string of the molecule is CC(C)(C)c1nnnn1CC(O)c1ccc(F)c(F)c1. The van der Waals surface area contributed by atoms with Crippen molar-refractivity contribution in [2.45, 2.75) is 38.8 Å². The lowest BCUT2D eigenvalue weighted by atomic mass is 9.95. The van der Waals surface area contributed by atoms with Gasteiger partial charge in [-0.05, 0) is 28.1 Å². The molecule has 1 aromatic heterocycles. The van der Waals surface area contributed by atoms with Gasteiger partial charge < -0.3 is 5.11 Å². The van der Waals surface area contributed by atoms with Crippen molar-refractivity contribution < 1.29 is 13.9 Å². The minimum atomic E-state index is -1.02. The molecule has 0 aliphatic carbocycles. The molecule has 1 atom stereocenters. The Morgan fingerprint density at radius 2 is 1.95 bits per heavy atom. The molecule has 0 aliphatic rings. The van der Waals surface area contributed by atoms with Crippen LogP contribution in [0.15, 0.2) is 18.2 Å². The van der Waals surface area contributed by atoms with Gasteiger partial charge in [0.05, 0.1) is 12.6 Å². The summed E-state index contributed by atoms with van der Waals surface area (Å²) in [7, 11) is 0. The van der Waals surface area contributed by atoms with Crippen LogP contribution in [0, 0.1) is 11.6 Å². The highest BCUT2D eigenvalue weighted by Gasteiger charge is 2.23. The molecule has 0 saturated carbocycles. The van der Waals surface area contributed by atoms with Crippen LogP contribution >= 0.6 is 0 Å². The van der Waals surface area contributed by atoms with Gasteiger partial charge in [0.2, 0.25) is 0 Å². The molecule has 0 fully saturated rings. The van der Waals surface area contributed by atoms with Crippen LogP contribution in [-0.2, 0) is 12.0 Å². The predicted octanol–water partition coefficient (Wildman–Crippen LogP) is 1.98. The Hall–Kier alpha value is -1.89. The van der Waals surface area contributed by atoms with E-state index in [0.29, 0.717) is 5.82 Å². The molecule has 1 unspecified atom stereocenters. The Kier molecular flexibility index (Phi) is 3.80. The molecular formula is C13H16F2N4O. The third-order valence-corrected chi connectivity index (χ3v) is 2.88. The van der Waals surface area contributed by atoms with Gasteiger partial charge in [-0.15, -0.1) is 5.10 Å². The largest absolute Gasteiger partial charge is 0.386 e. The third-order valence-electron chi connectivity index (χ3n) is 2.88. The Morgan fingerprint density at radius 1 is 1.25 bits per heavy atom. The second-order valence-corrected chi connectivity index (χ2v) is 5.62. The summed E-state index contributed by atoms with van der Waals surface area (Å²) in [4.78, 5) is 0. The number of halogens is 2. The molecule has 0 spiro atoms. The fraction of sp³-hybridized carbons (Fsp3) is 0.462. The first-order chi connectivity index (χ1) is 9.29. The van der Waals surface area contributed by atoms with Gasteiger partial charge in [0.25, 0.3) is 0 Å². The average Bonchev–Trinajstić information content (AvgIpc) is 2.80. The van der Waals surface area contributed by atoms with Crippen molar-refractivity contribution in [2.75, 3.05) is 0 Å². The van der Waals surface area contributed by atoms with Crippen molar-refractivity contribution in [3.63, 3.8) is 0 Å². The van der Waals surface area contributed by atoms with Crippen LogP contribution in [0.4, 0.5) is 8.78 Å². The van der Waals surface area contributed by atoms with E-state index in [4.69, 9.17) is 0 Å². The fourth-order valence-corrected chi connectivity index (χ4v) is 1.85. The van der Waals surface area contributed by atoms with Crippen LogP contribution in [-0.4, -0.2) is 25.3 Å². The van der Waals surface area contributed by atoms with E-state index >= 15 is 0 Å². The molecule has 0 saturated heterocycles. The molecule has 2 rings (SSSR count). The van der Waals surface area contributed by atoms with Gasteiger partial charge in [-0.1, -0.05) is 26.8 Å². The van der Waals surface area contributed by atoms with Gasteiger partial charge in [0.1, 0.15) is 0 Å². The summed E-state index contributed by atoms with van der Waals surface area (Å²) < 4.78 is 27.5. The van der Waals surface area contributed by atoms with E-state index in [1.165, 1.54) is 10.7 Å². The normalized spacial score (nSPS) is 13.5. The molecule has 1 aromatic carbocycles. The van der Waals surface area contributed by atoms with Gasteiger partial charge in [0, 0.05) is 5.41 Å². The standard InChI is InChI=1S/C13H16F2N4O/c1-13(2,3)12-16-17-18-19(12)7-11(20)8-4-5-9(14)10(15)6-8/h4-6,11,20H,7H2,1-3H3. The van der Waals surface area contributed by atoms with E-state index in [2.05, 4.69) is 15.5 Å². The highest BCUT2D eigenvalue weighted by atomic mass is 19.2. The van der Waals surface area contributed by atoms with E-state index in [9.17, 15) is 13.9 Å². The first kappa shape index (κ1) is 14.5. The lowest BCUT2D eigenvalue weighted by Crippen LogP contribution is -2.22. The summed E-state index contributed by atoms with van der Waals surface area (Å²) in [5, 5.41) is 21.4. The summed E-state index contributed by atoms with van der Waals surface area (Å²) in [5.41, 5.74) is -0.00340. The van der Waals surface area contributed by atoms with E-state index in [0.717, 1.165) is 12.1 Å². The van der Waals surface area contributed by atoms with Crippen LogP contribution in [0.3, 0.4) is 0 Å². The Bertz CT molecular complexity index is 607. The Balaban J connectivity index is 2.22. The molecule has 0 bridgehead atoms. The van der Waals surface area contributed by atoms with Crippen LogP contribution in [0.25, 0.3) is 0 Å². The number of nitrogens with zero attached hydrogens (tertiary/aromatic N) is 4. The fourth-order valence-electron chi connectivity index (χ4n) is 1.85. The lowest BCUT2D eigenvalue weighted by Gasteiger charge is -2.19. The average molecular weight is 282 g/mol. The van der Waals surface area contributed by atoms with Crippen molar-refractivity contribution in [1.82, 2.24) is 20.2 Å². The number of benzene rings is 1. The second kappa shape index (κ2) is 5.24. The first-order valence-electron chi connectivity index (χ1n) is 6.18. The van der Waals surface area contributed by atoms with Crippen LogP contribution in [0.1, 0.15) is 38.3 Å². The van der Waals surface area contributed by atoms with Gasteiger partial charge >= 0.3 is 0 Å². The molecule has 7 heteroatoms. The number of rotatable bonds is 3. The first-order valence-corrected chi connectivity index (χ1v) is 6.18. The van der Waals surface area contributed by atoms with Crippen molar-refractivity contribution in [3.8, 4) is 0 Å². The summed E-state index contributed by atoms with van der Waals surface area (Å²) in [6.07, 6.45) is -1.02. The molecule has 1 N–H and O–H groups in total. The zero-order chi connectivity index (χ0) is 14.9. The highest BCUT2D eigenvalue weighted by Crippen LogP contribution is 2.22. The van der Waals surface area contributed by atoms with Gasteiger partial charge in [-0.2, -0.15) is 0 Å². The van der Waals surface area contributed by atoms with E-state index in [1.807, 2.05) is 20.8 Å². The highest BCUT2D eigenvalue weighted by molar-refractivity contribution is 5.20. The summed E-state index contributed by atoms with van der Waals surface area (Å²) in [6.45, 7) is 5.90. The van der Waals surface area contributed by atoms with Crippen LogP contribution < -0.4 is 0 Å². The minimum Gasteiger partial charge on any atom is -0.386 e. The monoisotopic (exact) mass is 282 g/mol. The number of aromatic nitrogens is 4. The maximum absolute atomic E-state index is 13.2. The maximum Gasteiger partial charge on any atom is 0.159 e. The van der Waals surface area contributed by atoms with Crippen molar-refractivity contribution >= 4 is 0 Å². The molecule has 0 amide bonds. The number of hydrogen-bond acceptors (Lipinski definition) is 4. The number of tetrazole rings is 1.